The second kappa shape index (κ2) is 7.28. The average Bonchev–Trinajstić information content (AvgIpc) is 2.38. The molecule has 0 aliphatic heterocycles. The number of nitrogen functional groups attached to an aromatic ring is 1. The van der Waals surface area contributed by atoms with Crippen molar-refractivity contribution < 1.29 is 0 Å². The molecule has 1 aliphatic rings. The third-order valence-electron chi connectivity index (χ3n) is 3.55. The summed E-state index contributed by atoms with van der Waals surface area (Å²) in [7, 11) is 4.08. The summed E-state index contributed by atoms with van der Waals surface area (Å²) in [6.07, 6.45) is 6.38. The van der Waals surface area contributed by atoms with Crippen molar-refractivity contribution in [3.8, 4) is 0 Å². The first-order valence-corrected chi connectivity index (χ1v) is 7.43. The van der Waals surface area contributed by atoms with Crippen molar-refractivity contribution in [2.75, 3.05) is 43.6 Å². The second-order valence-corrected chi connectivity index (χ2v) is 5.71. The molecule has 0 atom stereocenters. The van der Waals surface area contributed by atoms with Gasteiger partial charge in [0.15, 0.2) is 0 Å². The molecule has 2 rings (SSSR count). The lowest BCUT2D eigenvalue weighted by atomic mass is 9.95. The average molecular weight is 278 g/mol. The van der Waals surface area contributed by atoms with Crippen LogP contribution in [0.3, 0.4) is 0 Å². The maximum absolute atomic E-state index is 5.85. The van der Waals surface area contributed by atoms with Gasteiger partial charge in [0.25, 0.3) is 0 Å². The smallest absolute Gasteiger partial charge is 0.226 e. The number of nitrogens with zero attached hydrogens (tertiary/aromatic N) is 3. The second-order valence-electron chi connectivity index (χ2n) is 5.71. The first-order chi connectivity index (χ1) is 9.63. The fourth-order valence-corrected chi connectivity index (χ4v) is 2.47. The number of anilines is 3. The molecule has 1 aromatic heterocycles. The van der Waals surface area contributed by atoms with Crippen molar-refractivity contribution in [2.24, 2.45) is 0 Å². The molecule has 1 fully saturated rings. The first-order valence-electron chi connectivity index (χ1n) is 7.43. The summed E-state index contributed by atoms with van der Waals surface area (Å²) in [6, 6.07) is 2.33. The van der Waals surface area contributed by atoms with Crippen LogP contribution in [0.15, 0.2) is 6.07 Å². The van der Waals surface area contributed by atoms with E-state index < -0.39 is 0 Å². The largest absolute Gasteiger partial charge is 0.383 e. The van der Waals surface area contributed by atoms with Crippen LogP contribution in [0.5, 0.6) is 0 Å². The molecule has 1 saturated carbocycles. The summed E-state index contributed by atoms with van der Waals surface area (Å²) in [6.45, 7) is 1.74. The molecule has 0 saturated heterocycles. The van der Waals surface area contributed by atoms with Crippen molar-refractivity contribution >= 4 is 17.6 Å². The summed E-state index contributed by atoms with van der Waals surface area (Å²) >= 11 is 0. The summed E-state index contributed by atoms with van der Waals surface area (Å²) in [5.41, 5.74) is 5.85. The molecule has 1 aromatic rings. The Morgan fingerprint density at radius 3 is 2.70 bits per heavy atom. The molecule has 0 aromatic carbocycles. The van der Waals surface area contributed by atoms with Gasteiger partial charge in [-0.15, -0.1) is 0 Å². The third kappa shape index (κ3) is 4.85. The molecule has 112 valence electrons. The monoisotopic (exact) mass is 278 g/mol. The van der Waals surface area contributed by atoms with E-state index in [4.69, 9.17) is 5.73 Å². The Morgan fingerprint density at radius 1 is 1.25 bits per heavy atom. The molecule has 1 aliphatic carbocycles. The normalized spacial score (nSPS) is 16.4. The Labute approximate surface area is 121 Å². The topological polar surface area (TPSA) is 79.1 Å². The number of hydrogen-bond donors (Lipinski definition) is 3. The minimum absolute atomic E-state index is 0.505. The van der Waals surface area contributed by atoms with Gasteiger partial charge in [0.2, 0.25) is 5.95 Å². The molecule has 4 N–H and O–H groups in total. The molecule has 0 radical (unpaired) electrons. The van der Waals surface area contributed by atoms with Crippen LogP contribution in [0.1, 0.15) is 32.1 Å². The summed E-state index contributed by atoms with van der Waals surface area (Å²) < 4.78 is 0. The van der Waals surface area contributed by atoms with Crippen molar-refractivity contribution in [2.45, 2.75) is 38.1 Å². The molecule has 0 spiro atoms. The lowest BCUT2D eigenvalue weighted by molar-refractivity contribution is 0.425. The van der Waals surface area contributed by atoms with Gasteiger partial charge in [0.1, 0.15) is 11.6 Å². The first kappa shape index (κ1) is 14.8. The number of rotatable bonds is 6. The zero-order valence-electron chi connectivity index (χ0n) is 12.5. The lowest BCUT2D eigenvalue weighted by Gasteiger charge is -2.23. The quantitative estimate of drug-likeness (QED) is 0.736. The maximum atomic E-state index is 5.85. The summed E-state index contributed by atoms with van der Waals surface area (Å²) in [5, 5.41) is 6.69. The van der Waals surface area contributed by atoms with Gasteiger partial charge in [-0.05, 0) is 26.9 Å². The van der Waals surface area contributed by atoms with Crippen LogP contribution < -0.4 is 16.4 Å². The Morgan fingerprint density at radius 2 is 2.00 bits per heavy atom. The van der Waals surface area contributed by atoms with Crippen molar-refractivity contribution in [3.63, 3.8) is 0 Å². The van der Waals surface area contributed by atoms with Crippen molar-refractivity contribution in [3.05, 3.63) is 6.07 Å². The van der Waals surface area contributed by atoms with Gasteiger partial charge in [-0.3, -0.25) is 0 Å². The van der Waals surface area contributed by atoms with E-state index in [9.17, 15) is 0 Å². The Kier molecular flexibility index (Phi) is 5.40. The molecule has 6 heteroatoms. The molecular weight excluding hydrogens is 252 g/mol. The van der Waals surface area contributed by atoms with Crippen LogP contribution in [0.4, 0.5) is 17.6 Å². The molecule has 0 bridgehead atoms. The van der Waals surface area contributed by atoms with E-state index in [1.54, 1.807) is 0 Å². The van der Waals surface area contributed by atoms with Gasteiger partial charge in [-0.2, -0.15) is 9.97 Å². The lowest BCUT2D eigenvalue weighted by Crippen LogP contribution is -2.24. The maximum Gasteiger partial charge on any atom is 0.226 e. The summed E-state index contributed by atoms with van der Waals surface area (Å²) in [5.74, 6) is 1.94. The zero-order chi connectivity index (χ0) is 14.4. The van der Waals surface area contributed by atoms with E-state index in [2.05, 4.69) is 25.5 Å². The highest BCUT2D eigenvalue weighted by Gasteiger charge is 2.14. The fraction of sp³-hybridized carbons (Fsp3) is 0.714. The van der Waals surface area contributed by atoms with E-state index >= 15 is 0 Å². The van der Waals surface area contributed by atoms with Gasteiger partial charge < -0.3 is 21.3 Å². The van der Waals surface area contributed by atoms with Crippen LogP contribution in [-0.4, -0.2) is 48.1 Å². The van der Waals surface area contributed by atoms with E-state index in [0.29, 0.717) is 17.8 Å². The van der Waals surface area contributed by atoms with E-state index in [0.717, 1.165) is 18.9 Å². The number of nitrogens with two attached hydrogens (primary N) is 1. The minimum Gasteiger partial charge on any atom is -0.383 e. The van der Waals surface area contributed by atoms with Gasteiger partial charge in [-0.25, -0.2) is 0 Å². The standard InChI is InChI=1S/C14H26N6/c1-20(2)9-8-16-14-18-12(15)10-13(19-14)17-11-6-4-3-5-7-11/h10-11H,3-9H2,1-2H3,(H4,15,16,17,18,19). The van der Waals surface area contributed by atoms with Crippen molar-refractivity contribution in [1.82, 2.24) is 14.9 Å². The Hall–Kier alpha value is -1.56. The highest BCUT2D eigenvalue weighted by Crippen LogP contribution is 2.21. The molecule has 20 heavy (non-hydrogen) atoms. The number of aromatic nitrogens is 2. The third-order valence-corrected chi connectivity index (χ3v) is 3.55. The van der Waals surface area contributed by atoms with Crippen LogP contribution in [0.2, 0.25) is 0 Å². The van der Waals surface area contributed by atoms with Crippen LogP contribution in [0, 0.1) is 0 Å². The predicted molar refractivity (Wildman–Crippen MR) is 84.0 cm³/mol. The highest BCUT2D eigenvalue weighted by molar-refractivity contribution is 5.50. The number of likely N-dealkylation sites (N-methyl/N-ethyl adjacent to an activating group) is 1. The molecule has 0 amide bonds. The van der Waals surface area contributed by atoms with Crippen LogP contribution in [-0.2, 0) is 0 Å². The van der Waals surface area contributed by atoms with Gasteiger partial charge in [0, 0.05) is 25.2 Å². The van der Waals surface area contributed by atoms with Crippen LogP contribution >= 0.6 is 0 Å². The highest BCUT2D eigenvalue weighted by atomic mass is 15.2. The van der Waals surface area contributed by atoms with E-state index in [1.165, 1.54) is 32.1 Å². The van der Waals surface area contributed by atoms with Crippen molar-refractivity contribution in [1.29, 1.82) is 0 Å². The molecule has 6 nitrogen and oxygen atoms in total. The molecule has 1 heterocycles. The van der Waals surface area contributed by atoms with Gasteiger partial charge in [-0.1, -0.05) is 19.3 Å². The molecular formula is C14H26N6. The minimum atomic E-state index is 0.505. The fourth-order valence-electron chi connectivity index (χ4n) is 2.47. The molecule has 0 unspecified atom stereocenters. The predicted octanol–water partition coefficient (Wildman–Crippen LogP) is 1.78. The number of nitrogens with one attached hydrogen (secondary N) is 2. The summed E-state index contributed by atoms with van der Waals surface area (Å²) in [4.78, 5) is 10.8. The van der Waals surface area contributed by atoms with Crippen LogP contribution in [0.25, 0.3) is 0 Å². The van der Waals surface area contributed by atoms with E-state index in [1.807, 2.05) is 20.2 Å². The zero-order valence-corrected chi connectivity index (χ0v) is 12.5. The Bertz CT molecular complexity index is 414. The SMILES string of the molecule is CN(C)CCNc1nc(N)cc(NC2CCCCC2)n1. The van der Waals surface area contributed by atoms with Gasteiger partial charge in [0.05, 0.1) is 0 Å². The van der Waals surface area contributed by atoms with E-state index in [-0.39, 0.29) is 0 Å². The Balaban J connectivity index is 1.93. The number of hydrogen-bond acceptors (Lipinski definition) is 6. The van der Waals surface area contributed by atoms with Gasteiger partial charge >= 0.3 is 0 Å².